The number of carbonyl (C=O) groups excluding carboxylic acids is 2. The van der Waals surface area contributed by atoms with Crippen molar-refractivity contribution in [2.75, 3.05) is 0 Å². The van der Waals surface area contributed by atoms with Gasteiger partial charge in [-0.25, -0.2) is 9.07 Å². The van der Waals surface area contributed by atoms with Crippen LogP contribution in [0.1, 0.15) is 44.4 Å². The molecule has 2 aromatic carbocycles. The fraction of sp³-hybridized carbons (Fsp3) is 0.296. The van der Waals surface area contributed by atoms with Crippen molar-refractivity contribution in [3.63, 3.8) is 0 Å². The summed E-state index contributed by atoms with van der Waals surface area (Å²) in [6, 6.07) is 15.8. The van der Waals surface area contributed by atoms with E-state index in [1.807, 2.05) is 45.0 Å². The van der Waals surface area contributed by atoms with Crippen molar-refractivity contribution in [1.82, 2.24) is 30.2 Å². The van der Waals surface area contributed by atoms with Crippen LogP contribution in [0.5, 0.6) is 0 Å². The van der Waals surface area contributed by atoms with E-state index < -0.39 is 11.6 Å². The van der Waals surface area contributed by atoms with E-state index in [0.29, 0.717) is 28.6 Å². The van der Waals surface area contributed by atoms with Crippen molar-refractivity contribution in [1.29, 1.82) is 0 Å². The maximum absolute atomic E-state index is 13.8. The second kappa shape index (κ2) is 10.6. The van der Waals surface area contributed by atoms with Gasteiger partial charge >= 0.3 is 0 Å². The minimum absolute atomic E-state index is 0.0959. The van der Waals surface area contributed by atoms with Gasteiger partial charge in [0, 0.05) is 24.5 Å². The zero-order chi connectivity index (χ0) is 25.7. The van der Waals surface area contributed by atoms with Crippen LogP contribution < -0.4 is 5.32 Å². The Morgan fingerprint density at radius 3 is 2.44 bits per heavy atom. The first-order valence-electron chi connectivity index (χ1n) is 11.8. The van der Waals surface area contributed by atoms with E-state index in [-0.39, 0.29) is 30.7 Å². The Hall–Kier alpha value is -4.14. The molecule has 2 aromatic heterocycles. The molecule has 0 spiro atoms. The second-order valence-electron chi connectivity index (χ2n) is 9.29. The monoisotopic (exact) mass is 488 g/mol. The average Bonchev–Trinajstić information content (AvgIpc) is 3.28. The van der Waals surface area contributed by atoms with Crippen molar-refractivity contribution in [3.8, 4) is 0 Å². The van der Waals surface area contributed by atoms with Gasteiger partial charge in [-0.1, -0.05) is 36.4 Å². The number of nitrogens with one attached hydrogen (secondary N) is 1. The van der Waals surface area contributed by atoms with Crippen LogP contribution in [-0.2, 0) is 22.7 Å². The molecule has 4 aromatic rings. The number of rotatable bonds is 9. The minimum atomic E-state index is -0.939. The molecule has 0 saturated carbocycles. The Bertz CT molecular complexity index is 1340. The molecule has 1 atom stereocenters. The summed E-state index contributed by atoms with van der Waals surface area (Å²) in [6.45, 7) is 5.83. The smallest absolute Gasteiger partial charge is 0.247 e. The topological polar surface area (TPSA) is 93.0 Å². The van der Waals surface area contributed by atoms with E-state index in [1.165, 1.54) is 21.7 Å². The SMILES string of the molecule is CCC(C)(C)NC(=O)C(c1ccncc1)N(Cc1ccc(F)cc1)C(=O)Cn1nnc2ccccc21. The molecule has 4 rings (SSSR count). The van der Waals surface area contributed by atoms with Crippen molar-refractivity contribution in [2.45, 2.75) is 51.9 Å². The van der Waals surface area contributed by atoms with Gasteiger partial charge in [-0.05, 0) is 67.8 Å². The fourth-order valence-electron chi connectivity index (χ4n) is 3.87. The summed E-state index contributed by atoms with van der Waals surface area (Å²) in [4.78, 5) is 33.1. The highest BCUT2D eigenvalue weighted by Crippen LogP contribution is 2.26. The largest absolute Gasteiger partial charge is 0.349 e. The summed E-state index contributed by atoms with van der Waals surface area (Å²) in [5.41, 5.74) is 2.21. The number of hydrogen-bond donors (Lipinski definition) is 1. The molecule has 8 nitrogen and oxygen atoms in total. The van der Waals surface area contributed by atoms with Gasteiger partial charge in [-0.2, -0.15) is 0 Å². The van der Waals surface area contributed by atoms with Gasteiger partial charge in [0.1, 0.15) is 23.9 Å². The number of benzene rings is 2. The van der Waals surface area contributed by atoms with Crippen molar-refractivity contribution >= 4 is 22.8 Å². The van der Waals surface area contributed by atoms with Gasteiger partial charge in [0.15, 0.2) is 0 Å². The van der Waals surface area contributed by atoms with Crippen LogP contribution in [0.2, 0.25) is 0 Å². The molecule has 0 radical (unpaired) electrons. The standard InChI is InChI=1S/C27H29FN6O2/c1-4-27(2,3)30-26(36)25(20-13-15-29-16-14-20)33(17-19-9-11-21(28)12-10-19)24(35)18-34-23-8-6-5-7-22(23)31-32-34/h5-16,25H,4,17-18H2,1-3H3,(H,30,36). The molecule has 0 bridgehead atoms. The predicted molar refractivity (Wildman–Crippen MR) is 134 cm³/mol. The first kappa shape index (κ1) is 25.0. The molecule has 186 valence electrons. The lowest BCUT2D eigenvalue weighted by molar-refractivity contribution is -0.143. The van der Waals surface area contributed by atoms with Gasteiger partial charge in [0.05, 0.1) is 5.52 Å². The third-order valence-electron chi connectivity index (χ3n) is 6.22. The zero-order valence-corrected chi connectivity index (χ0v) is 20.6. The number of halogens is 1. The maximum Gasteiger partial charge on any atom is 0.247 e. The lowest BCUT2D eigenvalue weighted by Gasteiger charge is -2.34. The third kappa shape index (κ3) is 5.73. The molecule has 2 heterocycles. The number of para-hydroxylation sites is 1. The van der Waals surface area contributed by atoms with Crippen LogP contribution in [0.15, 0.2) is 73.1 Å². The average molecular weight is 489 g/mol. The summed E-state index contributed by atoms with van der Waals surface area (Å²) in [5.74, 6) is -1.02. The van der Waals surface area contributed by atoms with E-state index in [2.05, 4.69) is 20.6 Å². The Balaban J connectivity index is 1.74. The fourth-order valence-corrected chi connectivity index (χ4v) is 3.87. The Kier molecular flexibility index (Phi) is 7.38. The molecule has 0 aliphatic carbocycles. The Morgan fingerprint density at radius 1 is 1.06 bits per heavy atom. The summed E-state index contributed by atoms with van der Waals surface area (Å²) in [7, 11) is 0. The van der Waals surface area contributed by atoms with Crippen LogP contribution in [0.25, 0.3) is 11.0 Å². The highest BCUT2D eigenvalue weighted by atomic mass is 19.1. The summed E-state index contributed by atoms with van der Waals surface area (Å²) in [6.07, 6.45) is 3.89. The number of nitrogens with zero attached hydrogens (tertiary/aromatic N) is 5. The van der Waals surface area contributed by atoms with Crippen LogP contribution in [0.3, 0.4) is 0 Å². The second-order valence-corrected chi connectivity index (χ2v) is 9.29. The molecular formula is C27H29FN6O2. The van der Waals surface area contributed by atoms with Crippen molar-refractivity contribution < 1.29 is 14.0 Å². The molecule has 9 heteroatoms. The Labute approximate surface area is 209 Å². The summed E-state index contributed by atoms with van der Waals surface area (Å²) < 4.78 is 15.1. The zero-order valence-electron chi connectivity index (χ0n) is 20.6. The van der Waals surface area contributed by atoms with E-state index in [9.17, 15) is 14.0 Å². The number of hydrogen-bond acceptors (Lipinski definition) is 5. The predicted octanol–water partition coefficient (Wildman–Crippen LogP) is 4.04. The number of amides is 2. The lowest BCUT2D eigenvalue weighted by Crippen LogP contribution is -2.50. The molecule has 0 saturated heterocycles. The Morgan fingerprint density at radius 2 is 1.75 bits per heavy atom. The summed E-state index contributed by atoms with van der Waals surface area (Å²) >= 11 is 0. The quantitative estimate of drug-likeness (QED) is 0.384. The number of fused-ring (bicyclic) bond motifs is 1. The summed E-state index contributed by atoms with van der Waals surface area (Å²) in [5, 5.41) is 11.4. The highest BCUT2D eigenvalue weighted by molar-refractivity contribution is 5.89. The maximum atomic E-state index is 13.8. The molecule has 0 fully saturated rings. The number of pyridine rings is 1. The van der Waals surface area contributed by atoms with E-state index in [4.69, 9.17) is 0 Å². The molecular weight excluding hydrogens is 459 g/mol. The number of aromatic nitrogens is 4. The van der Waals surface area contributed by atoms with Gasteiger partial charge in [0.2, 0.25) is 11.8 Å². The molecule has 0 aliphatic rings. The lowest BCUT2D eigenvalue weighted by atomic mass is 9.98. The molecule has 1 unspecified atom stereocenters. The van der Waals surface area contributed by atoms with Gasteiger partial charge in [0.25, 0.3) is 0 Å². The van der Waals surface area contributed by atoms with Gasteiger partial charge < -0.3 is 10.2 Å². The molecule has 1 N–H and O–H groups in total. The van der Waals surface area contributed by atoms with E-state index in [0.717, 1.165) is 0 Å². The van der Waals surface area contributed by atoms with Crippen LogP contribution >= 0.6 is 0 Å². The first-order valence-corrected chi connectivity index (χ1v) is 11.8. The van der Waals surface area contributed by atoms with Crippen LogP contribution in [0, 0.1) is 5.82 Å². The molecule has 36 heavy (non-hydrogen) atoms. The van der Waals surface area contributed by atoms with E-state index >= 15 is 0 Å². The highest BCUT2D eigenvalue weighted by Gasteiger charge is 2.34. The minimum Gasteiger partial charge on any atom is -0.349 e. The van der Waals surface area contributed by atoms with Crippen molar-refractivity contribution in [3.05, 3.63) is 90.0 Å². The van der Waals surface area contributed by atoms with Gasteiger partial charge in [-0.15, -0.1) is 5.10 Å². The number of carbonyl (C=O) groups is 2. The molecule has 0 aliphatic heterocycles. The van der Waals surface area contributed by atoms with Gasteiger partial charge in [-0.3, -0.25) is 14.6 Å². The third-order valence-corrected chi connectivity index (χ3v) is 6.22. The van der Waals surface area contributed by atoms with E-state index in [1.54, 1.807) is 36.7 Å². The van der Waals surface area contributed by atoms with Crippen LogP contribution in [0.4, 0.5) is 4.39 Å². The van der Waals surface area contributed by atoms with Crippen LogP contribution in [-0.4, -0.2) is 42.2 Å². The normalized spacial score (nSPS) is 12.3. The first-order chi connectivity index (χ1) is 17.3. The molecule has 2 amide bonds. The van der Waals surface area contributed by atoms with Crippen molar-refractivity contribution in [2.24, 2.45) is 0 Å².